The van der Waals surface area contributed by atoms with Crippen LogP contribution in [0, 0.1) is 0 Å². The lowest BCUT2D eigenvalue weighted by Gasteiger charge is -2.22. The minimum absolute atomic E-state index is 0. The molecule has 26 heavy (non-hydrogen) atoms. The minimum Gasteiger partial charge on any atom is -0.377 e. The van der Waals surface area contributed by atoms with Gasteiger partial charge in [-0.25, -0.2) is 4.99 Å². The molecule has 1 aromatic carbocycles. The Morgan fingerprint density at radius 3 is 2.69 bits per heavy atom. The first-order valence-electron chi connectivity index (χ1n) is 9.65. The minimum atomic E-state index is 0. The van der Waals surface area contributed by atoms with Crippen molar-refractivity contribution in [2.75, 3.05) is 13.2 Å². The highest BCUT2D eigenvalue weighted by molar-refractivity contribution is 14.0. The summed E-state index contributed by atoms with van der Waals surface area (Å²) in [6.07, 6.45) is 5.31. The first-order chi connectivity index (χ1) is 12.3. The van der Waals surface area contributed by atoms with Crippen molar-refractivity contribution < 1.29 is 9.47 Å². The Labute approximate surface area is 174 Å². The van der Waals surface area contributed by atoms with E-state index in [1.54, 1.807) is 0 Å². The van der Waals surface area contributed by atoms with Gasteiger partial charge in [0.2, 0.25) is 0 Å². The molecule has 2 saturated heterocycles. The van der Waals surface area contributed by atoms with Crippen LogP contribution in [-0.4, -0.2) is 37.4 Å². The number of nitrogens with zero attached hydrogens (tertiary/aromatic N) is 1. The van der Waals surface area contributed by atoms with Gasteiger partial charge in [0.05, 0.1) is 31.4 Å². The van der Waals surface area contributed by atoms with Gasteiger partial charge in [0.25, 0.3) is 0 Å². The number of fused-ring (bicyclic) bond motifs is 2. The number of aliphatic imine (C=N–C) groups is 1. The molecule has 6 heteroatoms. The molecule has 2 aliphatic rings. The van der Waals surface area contributed by atoms with E-state index in [0.717, 1.165) is 32.0 Å². The van der Waals surface area contributed by atoms with E-state index in [0.29, 0.717) is 31.4 Å². The van der Waals surface area contributed by atoms with E-state index in [1.165, 1.54) is 24.0 Å². The smallest absolute Gasteiger partial charge is 0.191 e. The Morgan fingerprint density at radius 1 is 1.23 bits per heavy atom. The molecule has 2 fully saturated rings. The van der Waals surface area contributed by atoms with Gasteiger partial charge >= 0.3 is 0 Å². The molecular weight excluding hydrogens is 441 g/mol. The molecule has 0 amide bonds. The molecule has 0 aliphatic carbocycles. The van der Waals surface area contributed by atoms with Gasteiger partial charge in [0, 0.05) is 13.2 Å². The van der Waals surface area contributed by atoms with Crippen LogP contribution in [-0.2, 0) is 22.6 Å². The highest BCUT2D eigenvalue weighted by Gasteiger charge is 2.41. The average molecular weight is 473 g/mol. The summed E-state index contributed by atoms with van der Waals surface area (Å²) in [5.41, 5.74) is 2.44. The highest BCUT2D eigenvalue weighted by atomic mass is 127. The third kappa shape index (κ3) is 5.82. The monoisotopic (exact) mass is 473 g/mol. The lowest BCUT2D eigenvalue weighted by Crippen LogP contribution is -2.47. The van der Waals surface area contributed by atoms with E-state index in [9.17, 15) is 0 Å². The molecule has 2 bridgehead atoms. The first kappa shape index (κ1) is 21.4. The Kier molecular flexibility index (Phi) is 9.15. The zero-order chi connectivity index (χ0) is 17.5. The second-order valence-electron chi connectivity index (χ2n) is 6.88. The van der Waals surface area contributed by atoms with Gasteiger partial charge in [-0.2, -0.15) is 0 Å². The van der Waals surface area contributed by atoms with Gasteiger partial charge in [-0.15, -0.1) is 24.0 Å². The molecule has 0 aromatic heterocycles. The molecule has 5 nitrogen and oxygen atoms in total. The van der Waals surface area contributed by atoms with Crippen LogP contribution in [0.5, 0.6) is 0 Å². The molecule has 2 N–H and O–H groups in total. The van der Waals surface area contributed by atoms with Crippen LogP contribution < -0.4 is 10.6 Å². The summed E-state index contributed by atoms with van der Waals surface area (Å²) in [6.45, 7) is 7.19. The zero-order valence-corrected chi connectivity index (χ0v) is 18.2. The SMILES string of the molecule is CCCOCc1ccccc1CN=C(NCC)NC1CC2CCC1O2.I. The molecule has 3 unspecified atom stereocenters. The summed E-state index contributed by atoms with van der Waals surface area (Å²) < 4.78 is 11.6. The van der Waals surface area contributed by atoms with Crippen LogP contribution in [0.4, 0.5) is 0 Å². The summed E-state index contributed by atoms with van der Waals surface area (Å²) in [5, 5.41) is 6.94. The maximum atomic E-state index is 5.94. The quantitative estimate of drug-likeness (QED) is 0.262. The van der Waals surface area contributed by atoms with Crippen molar-refractivity contribution in [3.05, 3.63) is 35.4 Å². The zero-order valence-electron chi connectivity index (χ0n) is 15.9. The maximum absolute atomic E-state index is 5.94. The third-order valence-corrected chi connectivity index (χ3v) is 4.90. The fourth-order valence-corrected chi connectivity index (χ4v) is 3.63. The maximum Gasteiger partial charge on any atom is 0.191 e. The lowest BCUT2D eigenvalue weighted by atomic mass is 9.96. The molecule has 3 atom stereocenters. The number of hydrogen-bond acceptors (Lipinski definition) is 3. The van der Waals surface area contributed by atoms with Crippen LogP contribution in [0.3, 0.4) is 0 Å². The summed E-state index contributed by atoms with van der Waals surface area (Å²) in [5.74, 6) is 0.882. The fraction of sp³-hybridized carbons (Fsp3) is 0.650. The van der Waals surface area contributed by atoms with E-state index < -0.39 is 0 Å². The van der Waals surface area contributed by atoms with Crippen molar-refractivity contribution in [3.8, 4) is 0 Å². The Morgan fingerprint density at radius 2 is 2.04 bits per heavy atom. The van der Waals surface area contributed by atoms with Crippen LogP contribution >= 0.6 is 24.0 Å². The molecular formula is C20H32IN3O2. The molecule has 0 spiro atoms. The lowest BCUT2D eigenvalue weighted by molar-refractivity contribution is 0.0992. The van der Waals surface area contributed by atoms with Crippen LogP contribution in [0.1, 0.15) is 50.7 Å². The normalized spacial score (nSPS) is 24.4. The number of halogens is 1. The Bertz CT molecular complexity index is 582. The standard InChI is InChI=1S/C20H31N3O2.HI/c1-3-11-24-14-16-8-6-5-7-15(16)13-22-20(21-4-2)23-18-12-17-9-10-19(18)25-17;/h5-8,17-19H,3-4,9-14H2,1-2H3,(H2,21,22,23);1H. The predicted molar refractivity (Wildman–Crippen MR) is 116 cm³/mol. The summed E-state index contributed by atoms with van der Waals surface area (Å²) in [6, 6.07) is 8.79. The molecule has 0 radical (unpaired) electrons. The highest BCUT2D eigenvalue weighted by Crippen LogP contribution is 2.34. The molecule has 0 saturated carbocycles. The van der Waals surface area contributed by atoms with Crippen LogP contribution in [0.25, 0.3) is 0 Å². The summed E-state index contributed by atoms with van der Waals surface area (Å²) in [7, 11) is 0. The topological polar surface area (TPSA) is 54.9 Å². The van der Waals surface area contributed by atoms with Crippen molar-refractivity contribution in [3.63, 3.8) is 0 Å². The summed E-state index contributed by atoms with van der Waals surface area (Å²) in [4.78, 5) is 4.80. The number of guanidine groups is 1. The largest absolute Gasteiger partial charge is 0.377 e. The van der Waals surface area contributed by atoms with E-state index in [4.69, 9.17) is 14.5 Å². The Balaban J connectivity index is 0.00000243. The van der Waals surface area contributed by atoms with Gasteiger partial charge in [0.1, 0.15) is 0 Å². The van der Waals surface area contributed by atoms with Crippen molar-refractivity contribution in [1.29, 1.82) is 0 Å². The van der Waals surface area contributed by atoms with E-state index in [2.05, 4.69) is 48.7 Å². The summed E-state index contributed by atoms with van der Waals surface area (Å²) >= 11 is 0. The Hall–Kier alpha value is -0.860. The molecule has 2 aliphatic heterocycles. The first-order valence-corrected chi connectivity index (χ1v) is 9.65. The van der Waals surface area contributed by atoms with Gasteiger partial charge < -0.3 is 20.1 Å². The number of ether oxygens (including phenoxy) is 2. The van der Waals surface area contributed by atoms with E-state index in [-0.39, 0.29) is 24.0 Å². The van der Waals surface area contributed by atoms with Crippen molar-refractivity contribution in [2.45, 2.75) is 70.9 Å². The van der Waals surface area contributed by atoms with Crippen LogP contribution in [0.15, 0.2) is 29.3 Å². The molecule has 2 heterocycles. The van der Waals surface area contributed by atoms with E-state index >= 15 is 0 Å². The van der Waals surface area contributed by atoms with Crippen molar-refractivity contribution in [2.24, 2.45) is 4.99 Å². The second-order valence-corrected chi connectivity index (χ2v) is 6.88. The van der Waals surface area contributed by atoms with E-state index in [1.807, 2.05) is 0 Å². The van der Waals surface area contributed by atoms with Gasteiger partial charge in [-0.05, 0) is 43.7 Å². The second kappa shape index (κ2) is 11.1. The number of hydrogen-bond donors (Lipinski definition) is 2. The third-order valence-electron chi connectivity index (χ3n) is 4.90. The van der Waals surface area contributed by atoms with Gasteiger partial charge in [0.15, 0.2) is 5.96 Å². The molecule has 146 valence electrons. The van der Waals surface area contributed by atoms with Crippen LogP contribution in [0.2, 0.25) is 0 Å². The van der Waals surface area contributed by atoms with Crippen molar-refractivity contribution >= 4 is 29.9 Å². The predicted octanol–water partition coefficient (Wildman–Crippen LogP) is 3.61. The van der Waals surface area contributed by atoms with Gasteiger partial charge in [-0.1, -0.05) is 31.2 Å². The van der Waals surface area contributed by atoms with Crippen molar-refractivity contribution in [1.82, 2.24) is 10.6 Å². The number of rotatable bonds is 8. The average Bonchev–Trinajstić information content (AvgIpc) is 3.24. The molecule has 3 rings (SSSR count). The molecule has 1 aromatic rings. The number of nitrogens with one attached hydrogen (secondary N) is 2. The fourth-order valence-electron chi connectivity index (χ4n) is 3.63. The van der Waals surface area contributed by atoms with Gasteiger partial charge in [-0.3, -0.25) is 0 Å². The number of benzene rings is 1.